The summed E-state index contributed by atoms with van der Waals surface area (Å²) >= 11 is 4.67. The summed E-state index contributed by atoms with van der Waals surface area (Å²) in [6, 6.07) is 8.36. The number of thiophene rings is 1. The number of rotatable bonds is 8. The SMILES string of the molecule is Cc1cc(C)c(NC(=O)C(C)Sc2nnc(NCCc3cccs3)s2)c(C)c1. The number of benzene rings is 1. The van der Waals surface area contributed by atoms with E-state index in [9.17, 15) is 4.79 Å². The number of carbonyl (C=O) groups is 1. The Hall–Kier alpha value is -1.90. The van der Waals surface area contributed by atoms with Crippen LogP contribution < -0.4 is 10.6 Å². The van der Waals surface area contributed by atoms with E-state index in [0.717, 1.165) is 39.3 Å². The maximum absolute atomic E-state index is 12.6. The lowest BCUT2D eigenvalue weighted by Gasteiger charge is -2.15. The second-order valence-electron chi connectivity index (χ2n) is 6.65. The average molecular weight is 433 g/mol. The van der Waals surface area contributed by atoms with Gasteiger partial charge >= 0.3 is 0 Å². The average Bonchev–Trinajstić information content (AvgIpc) is 3.30. The van der Waals surface area contributed by atoms with Crippen LogP contribution in [-0.2, 0) is 11.2 Å². The van der Waals surface area contributed by atoms with E-state index in [2.05, 4.69) is 57.4 Å². The molecule has 3 rings (SSSR count). The zero-order valence-corrected chi connectivity index (χ0v) is 18.9. The van der Waals surface area contributed by atoms with Gasteiger partial charge in [0.25, 0.3) is 0 Å². The fourth-order valence-electron chi connectivity index (χ4n) is 2.88. The molecule has 0 aliphatic heterocycles. The zero-order valence-electron chi connectivity index (χ0n) is 16.4. The summed E-state index contributed by atoms with van der Waals surface area (Å²) in [6.07, 6.45) is 0.966. The Labute approximate surface area is 178 Å². The summed E-state index contributed by atoms with van der Waals surface area (Å²) in [5.74, 6) is -0.0255. The van der Waals surface area contributed by atoms with E-state index in [1.807, 2.05) is 20.8 Å². The molecule has 8 heteroatoms. The van der Waals surface area contributed by atoms with E-state index in [-0.39, 0.29) is 11.2 Å². The van der Waals surface area contributed by atoms with Crippen molar-refractivity contribution in [3.63, 3.8) is 0 Å². The normalized spacial score (nSPS) is 12.0. The molecule has 2 aromatic heterocycles. The van der Waals surface area contributed by atoms with Gasteiger partial charge < -0.3 is 10.6 Å². The summed E-state index contributed by atoms with van der Waals surface area (Å²) in [5.41, 5.74) is 4.26. The molecule has 1 aromatic carbocycles. The molecule has 0 saturated carbocycles. The molecule has 1 amide bonds. The third-order valence-corrected chi connectivity index (χ3v) is 7.21. The fourth-order valence-corrected chi connectivity index (χ4v) is 5.51. The third-order valence-electron chi connectivity index (χ3n) is 4.21. The molecule has 2 heterocycles. The minimum Gasteiger partial charge on any atom is -0.360 e. The van der Waals surface area contributed by atoms with Crippen LogP contribution in [0, 0.1) is 20.8 Å². The van der Waals surface area contributed by atoms with Crippen LogP contribution in [0.2, 0.25) is 0 Å². The molecule has 0 fully saturated rings. The van der Waals surface area contributed by atoms with Crippen LogP contribution in [0.1, 0.15) is 28.5 Å². The van der Waals surface area contributed by atoms with E-state index in [4.69, 9.17) is 0 Å². The molecule has 148 valence electrons. The molecule has 3 aromatic rings. The molecular weight excluding hydrogens is 408 g/mol. The fraction of sp³-hybridized carbons (Fsp3) is 0.350. The molecule has 1 unspecified atom stereocenters. The summed E-state index contributed by atoms with van der Waals surface area (Å²) in [6.45, 7) is 8.82. The molecule has 0 bridgehead atoms. The highest BCUT2D eigenvalue weighted by atomic mass is 32.2. The van der Waals surface area contributed by atoms with Crippen LogP contribution in [0.4, 0.5) is 10.8 Å². The van der Waals surface area contributed by atoms with Gasteiger partial charge in [-0.2, -0.15) is 0 Å². The molecule has 1 atom stereocenters. The van der Waals surface area contributed by atoms with E-state index in [0.29, 0.717) is 0 Å². The highest BCUT2D eigenvalue weighted by molar-refractivity contribution is 8.02. The second kappa shape index (κ2) is 9.54. The number of amides is 1. The first kappa shape index (κ1) is 20.8. The van der Waals surface area contributed by atoms with Crippen molar-refractivity contribution in [3.05, 3.63) is 51.2 Å². The molecule has 0 aliphatic carbocycles. The van der Waals surface area contributed by atoms with E-state index in [1.165, 1.54) is 33.5 Å². The molecular formula is C20H24N4OS3. The Morgan fingerprint density at radius 3 is 2.64 bits per heavy atom. The van der Waals surface area contributed by atoms with Crippen molar-refractivity contribution in [2.24, 2.45) is 0 Å². The van der Waals surface area contributed by atoms with Crippen LogP contribution in [0.5, 0.6) is 0 Å². The van der Waals surface area contributed by atoms with Crippen LogP contribution >= 0.6 is 34.4 Å². The van der Waals surface area contributed by atoms with Crippen molar-refractivity contribution in [1.82, 2.24) is 10.2 Å². The minimum atomic E-state index is -0.257. The van der Waals surface area contributed by atoms with E-state index in [1.54, 1.807) is 11.3 Å². The first-order chi connectivity index (χ1) is 13.4. The first-order valence-electron chi connectivity index (χ1n) is 9.07. The maximum Gasteiger partial charge on any atom is 0.237 e. The molecule has 2 N–H and O–H groups in total. The summed E-state index contributed by atoms with van der Waals surface area (Å²) in [5, 5.41) is 17.4. The van der Waals surface area contributed by atoms with Crippen molar-refractivity contribution in [2.75, 3.05) is 17.2 Å². The summed E-state index contributed by atoms with van der Waals surface area (Å²) in [4.78, 5) is 14.0. The molecule has 0 saturated heterocycles. The van der Waals surface area contributed by atoms with Crippen LogP contribution in [0.3, 0.4) is 0 Å². The van der Waals surface area contributed by atoms with Gasteiger partial charge in [0.2, 0.25) is 11.0 Å². The number of aryl methyl sites for hydroxylation is 3. The van der Waals surface area contributed by atoms with Gasteiger partial charge in [-0.1, -0.05) is 46.9 Å². The molecule has 0 aliphatic rings. The first-order valence-corrected chi connectivity index (χ1v) is 11.6. The van der Waals surface area contributed by atoms with Gasteiger partial charge in [0.1, 0.15) is 0 Å². The Bertz CT molecular complexity index is 914. The van der Waals surface area contributed by atoms with Gasteiger partial charge in [-0.3, -0.25) is 4.79 Å². The highest BCUT2D eigenvalue weighted by Crippen LogP contribution is 2.30. The van der Waals surface area contributed by atoms with Crippen LogP contribution in [0.25, 0.3) is 0 Å². The lowest BCUT2D eigenvalue weighted by molar-refractivity contribution is -0.115. The Balaban J connectivity index is 1.52. The van der Waals surface area contributed by atoms with Crippen LogP contribution in [0.15, 0.2) is 34.0 Å². The van der Waals surface area contributed by atoms with Gasteiger partial charge in [-0.15, -0.1) is 21.5 Å². The smallest absolute Gasteiger partial charge is 0.237 e. The second-order valence-corrected chi connectivity index (χ2v) is 10.3. The van der Waals surface area contributed by atoms with Gasteiger partial charge in [0.15, 0.2) is 4.34 Å². The number of aromatic nitrogens is 2. The number of hydrogen-bond donors (Lipinski definition) is 2. The molecule has 5 nitrogen and oxygen atoms in total. The Morgan fingerprint density at radius 2 is 1.96 bits per heavy atom. The van der Waals surface area contributed by atoms with Crippen molar-refractivity contribution in [1.29, 1.82) is 0 Å². The summed E-state index contributed by atoms with van der Waals surface area (Å²) < 4.78 is 0.790. The number of carbonyl (C=O) groups excluding carboxylic acids is 1. The predicted molar refractivity (Wildman–Crippen MR) is 121 cm³/mol. The van der Waals surface area contributed by atoms with Gasteiger partial charge in [-0.05, 0) is 56.7 Å². The van der Waals surface area contributed by atoms with Crippen molar-refractivity contribution >= 4 is 51.2 Å². The number of hydrogen-bond acceptors (Lipinski definition) is 7. The Kier molecular flexibility index (Phi) is 7.09. The van der Waals surface area contributed by atoms with E-state index >= 15 is 0 Å². The van der Waals surface area contributed by atoms with Crippen molar-refractivity contribution in [3.8, 4) is 0 Å². The maximum atomic E-state index is 12.6. The quantitative estimate of drug-likeness (QED) is 0.473. The Morgan fingerprint density at radius 1 is 1.21 bits per heavy atom. The minimum absolute atomic E-state index is 0.0255. The largest absolute Gasteiger partial charge is 0.360 e. The van der Waals surface area contributed by atoms with Gasteiger partial charge in [-0.25, -0.2) is 0 Å². The van der Waals surface area contributed by atoms with Gasteiger partial charge in [0, 0.05) is 17.1 Å². The standard InChI is InChI=1S/C20H24N4OS3/c1-12-10-13(2)17(14(3)11-12)22-18(25)15(4)27-20-24-23-19(28-20)21-8-7-16-6-5-9-26-16/h5-6,9-11,15H,7-8H2,1-4H3,(H,21,23)(H,22,25). The monoisotopic (exact) mass is 432 g/mol. The summed E-state index contributed by atoms with van der Waals surface area (Å²) in [7, 11) is 0. The number of nitrogens with one attached hydrogen (secondary N) is 2. The van der Waals surface area contributed by atoms with Crippen molar-refractivity contribution < 1.29 is 4.79 Å². The van der Waals surface area contributed by atoms with Crippen LogP contribution in [-0.4, -0.2) is 27.9 Å². The van der Waals surface area contributed by atoms with Gasteiger partial charge in [0.05, 0.1) is 5.25 Å². The topological polar surface area (TPSA) is 66.9 Å². The third kappa shape index (κ3) is 5.56. The highest BCUT2D eigenvalue weighted by Gasteiger charge is 2.19. The molecule has 0 spiro atoms. The number of thioether (sulfide) groups is 1. The predicted octanol–water partition coefficient (Wildman–Crippen LogP) is 5.30. The molecule has 0 radical (unpaired) electrons. The molecule has 28 heavy (non-hydrogen) atoms. The number of nitrogens with zero attached hydrogens (tertiary/aromatic N) is 2. The lowest BCUT2D eigenvalue weighted by Crippen LogP contribution is -2.23. The number of anilines is 2. The van der Waals surface area contributed by atoms with Crippen molar-refractivity contribution in [2.45, 2.75) is 43.7 Å². The zero-order chi connectivity index (χ0) is 20.1. The lowest BCUT2D eigenvalue weighted by atomic mass is 10.1. The van der Waals surface area contributed by atoms with E-state index < -0.39 is 0 Å².